The van der Waals surface area contributed by atoms with Crippen LogP contribution in [0.15, 0.2) is 36.5 Å². The summed E-state index contributed by atoms with van der Waals surface area (Å²) in [5.74, 6) is -0.204. The maximum Gasteiger partial charge on any atom is 0.268 e. The Balaban J connectivity index is 4.39. The summed E-state index contributed by atoms with van der Waals surface area (Å²) < 4.78 is 23.2. The van der Waals surface area contributed by atoms with Crippen LogP contribution < -0.4 is 10.2 Å². The number of amides is 1. The van der Waals surface area contributed by atoms with E-state index in [9.17, 15) is 19.4 Å². The van der Waals surface area contributed by atoms with E-state index in [1.54, 1.807) is 6.08 Å². The van der Waals surface area contributed by atoms with E-state index in [-0.39, 0.29) is 19.1 Å². The number of aliphatic hydroxyl groups excluding tert-OH is 1. The summed E-state index contributed by atoms with van der Waals surface area (Å²) in [6.07, 6.45) is 44.6. The molecule has 0 aliphatic carbocycles. The molecule has 1 amide bonds. The van der Waals surface area contributed by atoms with E-state index in [2.05, 4.69) is 43.5 Å². The van der Waals surface area contributed by atoms with E-state index in [4.69, 9.17) is 9.05 Å². The van der Waals surface area contributed by atoms with Gasteiger partial charge in [0.15, 0.2) is 0 Å². The lowest BCUT2D eigenvalue weighted by Gasteiger charge is -2.29. The predicted molar refractivity (Wildman–Crippen MR) is 228 cm³/mol. The summed E-state index contributed by atoms with van der Waals surface area (Å²) in [7, 11) is 1.26. The van der Waals surface area contributed by atoms with Gasteiger partial charge < -0.3 is 28.8 Å². The van der Waals surface area contributed by atoms with Crippen molar-refractivity contribution in [3.63, 3.8) is 0 Å². The minimum Gasteiger partial charge on any atom is -0.756 e. The number of hydrogen-bond donors (Lipinski definition) is 2. The number of nitrogens with one attached hydrogen (secondary N) is 1. The molecule has 0 fully saturated rings. The van der Waals surface area contributed by atoms with Crippen LogP contribution >= 0.6 is 7.82 Å². The molecule has 0 aliphatic heterocycles. The Morgan fingerprint density at radius 2 is 1.07 bits per heavy atom. The van der Waals surface area contributed by atoms with E-state index in [1.807, 2.05) is 27.2 Å². The van der Waals surface area contributed by atoms with Crippen LogP contribution in [0, 0.1) is 0 Å². The van der Waals surface area contributed by atoms with Crippen LogP contribution in [0.2, 0.25) is 0 Å². The highest BCUT2D eigenvalue weighted by atomic mass is 31.2. The quantitative estimate of drug-likeness (QED) is 0.0277. The topological polar surface area (TPSA) is 108 Å². The normalized spacial score (nSPS) is 14.7. The van der Waals surface area contributed by atoms with Gasteiger partial charge in [-0.25, -0.2) is 0 Å². The minimum absolute atomic E-state index is 0.00209. The van der Waals surface area contributed by atoms with Crippen molar-refractivity contribution in [2.24, 2.45) is 0 Å². The SMILES string of the molecule is CCCCC/C=C\C/C=C\CCCCCCCCCCCC(=O)N[C@@H](COP(=O)([O-])OCC[N+](C)(C)C)[C@H](O)/C=C/CCCCCCCCCCCCC. The molecule has 0 rings (SSSR count). The standard InChI is InChI=1S/C45H87N2O6P/c1-6-8-10-12-14-16-18-20-21-22-23-24-25-27-29-31-33-35-37-39-45(49)46-43(42-53-54(50,51)52-41-40-47(3,4)5)44(48)38-36-34-32-30-28-26-19-17-15-13-11-9-7-2/h14,16,20-21,36,38,43-44,48H,6-13,15,17-19,22-35,37,39-42H2,1-5H3,(H-,46,49,50,51)/b16-14-,21-20-,38-36+/t43-,44+/m0/s1. The van der Waals surface area contributed by atoms with Crippen LogP contribution in [0.1, 0.15) is 194 Å². The van der Waals surface area contributed by atoms with Gasteiger partial charge in [-0.05, 0) is 51.4 Å². The van der Waals surface area contributed by atoms with Gasteiger partial charge in [0, 0.05) is 6.42 Å². The fraction of sp³-hybridized carbons (Fsp3) is 0.844. The van der Waals surface area contributed by atoms with Crippen molar-refractivity contribution in [2.75, 3.05) is 40.9 Å². The van der Waals surface area contributed by atoms with E-state index in [0.29, 0.717) is 17.4 Å². The van der Waals surface area contributed by atoms with Crippen molar-refractivity contribution in [1.82, 2.24) is 5.32 Å². The van der Waals surface area contributed by atoms with Gasteiger partial charge >= 0.3 is 0 Å². The third-order valence-electron chi connectivity index (χ3n) is 9.84. The molecule has 0 spiro atoms. The fourth-order valence-corrected chi connectivity index (χ4v) is 6.96. The summed E-state index contributed by atoms with van der Waals surface area (Å²) in [6, 6.07) is -0.886. The van der Waals surface area contributed by atoms with Crippen LogP contribution in [-0.4, -0.2) is 68.5 Å². The van der Waals surface area contributed by atoms with Gasteiger partial charge in [-0.1, -0.05) is 172 Å². The number of likely N-dealkylation sites (N-methyl/N-ethyl adjacent to an activating group) is 1. The molecule has 0 aliphatic rings. The van der Waals surface area contributed by atoms with Crippen molar-refractivity contribution in [1.29, 1.82) is 0 Å². The first-order valence-electron chi connectivity index (χ1n) is 22.4. The summed E-state index contributed by atoms with van der Waals surface area (Å²) in [5, 5.41) is 13.8. The number of hydrogen-bond acceptors (Lipinski definition) is 6. The molecule has 0 aromatic heterocycles. The molecule has 0 aromatic carbocycles. The highest BCUT2D eigenvalue weighted by molar-refractivity contribution is 7.45. The number of phosphoric acid groups is 1. The van der Waals surface area contributed by atoms with Crippen LogP contribution in [0.25, 0.3) is 0 Å². The summed E-state index contributed by atoms with van der Waals surface area (Å²) >= 11 is 0. The number of rotatable bonds is 40. The second-order valence-electron chi connectivity index (χ2n) is 16.4. The van der Waals surface area contributed by atoms with Crippen LogP contribution in [0.3, 0.4) is 0 Å². The first-order chi connectivity index (χ1) is 26.0. The zero-order valence-electron chi connectivity index (χ0n) is 35.9. The maximum absolute atomic E-state index is 12.8. The molecule has 8 nitrogen and oxygen atoms in total. The van der Waals surface area contributed by atoms with Gasteiger partial charge in [-0.3, -0.25) is 9.36 Å². The third-order valence-corrected chi connectivity index (χ3v) is 10.8. The summed E-state index contributed by atoms with van der Waals surface area (Å²) in [6.45, 7) is 4.61. The number of nitrogens with zero attached hydrogens (tertiary/aromatic N) is 1. The first-order valence-corrected chi connectivity index (χ1v) is 23.8. The second-order valence-corrected chi connectivity index (χ2v) is 17.8. The second kappa shape index (κ2) is 37.3. The molecule has 0 heterocycles. The van der Waals surface area contributed by atoms with Crippen molar-refractivity contribution in [2.45, 2.75) is 206 Å². The molecular formula is C45H87N2O6P. The van der Waals surface area contributed by atoms with E-state index in [0.717, 1.165) is 44.9 Å². The molecule has 0 bridgehead atoms. The molecule has 54 heavy (non-hydrogen) atoms. The maximum atomic E-state index is 12.8. The average Bonchev–Trinajstić information content (AvgIpc) is 3.12. The number of carbonyl (C=O) groups is 1. The highest BCUT2D eigenvalue weighted by Crippen LogP contribution is 2.38. The molecule has 3 atom stereocenters. The lowest BCUT2D eigenvalue weighted by Crippen LogP contribution is -2.45. The Morgan fingerprint density at radius 3 is 1.57 bits per heavy atom. The first kappa shape index (κ1) is 52.7. The van der Waals surface area contributed by atoms with Gasteiger partial charge in [0.25, 0.3) is 7.82 Å². The molecule has 0 saturated carbocycles. The van der Waals surface area contributed by atoms with Gasteiger partial charge in [0.2, 0.25) is 5.91 Å². The number of carbonyl (C=O) groups excluding carboxylic acids is 1. The smallest absolute Gasteiger partial charge is 0.268 e. The number of aliphatic hydroxyl groups is 1. The average molecular weight is 783 g/mol. The van der Waals surface area contributed by atoms with Crippen LogP contribution in [0.5, 0.6) is 0 Å². The molecule has 2 N–H and O–H groups in total. The van der Waals surface area contributed by atoms with Gasteiger partial charge in [-0.2, -0.15) is 0 Å². The van der Waals surface area contributed by atoms with Crippen LogP contribution in [-0.2, 0) is 18.4 Å². The largest absolute Gasteiger partial charge is 0.756 e. The molecule has 9 heteroatoms. The molecular weight excluding hydrogens is 695 g/mol. The Morgan fingerprint density at radius 1 is 0.648 bits per heavy atom. The summed E-state index contributed by atoms with van der Waals surface area (Å²) in [5.41, 5.74) is 0. The lowest BCUT2D eigenvalue weighted by atomic mass is 10.0. The van der Waals surface area contributed by atoms with Crippen LogP contribution in [0.4, 0.5) is 0 Å². The summed E-state index contributed by atoms with van der Waals surface area (Å²) in [4.78, 5) is 25.3. The minimum atomic E-state index is -4.58. The number of quaternary nitrogens is 1. The van der Waals surface area contributed by atoms with Crippen molar-refractivity contribution in [3.05, 3.63) is 36.5 Å². The molecule has 1 unspecified atom stereocenters. The predicted octanol–water partition coefficient (Wildman–Crippen LogP) is 11.7. The highest BCUT2D eigenvalue weighted by Gasteiger charge is 2.23. The number of allylic oxidation sites excluding steroid dienone is 5. The van der Waals surface area contributed by atoms with E-state index in [1.165, 1.54) is 128 Å². The zero-order chi connectivity index (χ0) is 40.0. The van der Waals surface area contributed by atoms with Gasteiger partial charge in [-0.15, -0.1) is 0 Å². The number of unbranched alkanes of at least 4 members (excludes halogenated alkanes) is 23. The lowest BCUT2D eigenvalue weighted by molar-refractivity contribution is -0.870. The van der Waals surface area contributed by atoms with E-state index < -0.39 is 20.0 Å². The number of phosphoric ester groups is 1. The molecule has 0 saturated heterocycles. The van der Waals surface area contributed by atoms with Gasteiger partial charge in [0.05, 0.1) is 39.9 Å². The van der Waals surface area contributed by atoms with E-state index >= 15 is 0 Å². The Kier molecular flexibility index (Phi) is 36.4. The molecule has 0 radical (unpaired) electrons. The molecule has 318 valence electrons. The van der Waals surface area contributed by atoms with Crippen molar-refractivity contribution >= 4 is 13.7 Å². The fourth-order valence-electron chi connectivity index (χ4n) is 6.24. The monoisotopic (exact) mass is 783 g/mol. The van der Waals surface area contributed by atoms with Gasteiger partial charge in [0.1, 0.15) is 13.2 Å². The third kappa shape index (κ3) is 39.0. The Labute approximate surface area is 334 Å². The van der Waals surface area contributed by atoms with Crippen molar-refractivity contribution in [3.8, 4) is 0 Å². The Hall–Kier alpha value is -1.28. The molecule has 0 aromatic rings. The zero-order valence-corrected chi connectivity index (χ0v) is 36.8. The Bertz CT molecular complexity index is 980. The van der Waals surface area contributed by atoms with Crippen molar-refractivity contribution < 1.29 is 32.9 Å².